The van der Waals surface area contributed by atoms with E-state index in [1.807, 2.05) is 18.8 Å². The lowest BCUT2D eigenvalue weighted by molar-refractivity contribution is 0.453. The quantitative estimate of drug-likeness (QED) is 0.597. The van der Waals surface area contributed by atoms with Crippen LogP contribution in [0.3, 0.4) is 0 Å². The van der Waals surface area contributed by atoms with Gasteiger partial charge >= 0.3 is 0 Å². The van der Waals surface area contributed by atoms with Crippen molar-refractivity contribution in [2.75, 3.05) is 12.8 Å². The van der Waals surface area contributed by atoms with Crippen LogP contribution in [0.2, 0.25) is 0 Å². The Morgan fingerprint density at radius 1 is 1.45 bits per heavy atom. The van der Waals surface area contributed by atoms with Crippen molar-refractivity contribution in [3.05, 3.63) is 0 Å². The normalized spacial score (nSPS) is 31.5. The molecule has 1 aliphatic heterocycles. The standard InChI is InChI=1S/C8H14N2S/c1-9-7-10-8(6-11-7)4-2-3-5-8/h2-6H2,1H3,(H,9,10). The average Bonchev–Trinajstić information content (AvgIpc) is 2.62. The Bertz CT molecular complexity index is 183. The van der Waals surface area contributed by atoms with E-state index in [0.29, 0.717) is 5.54 Å². The minimum atomic E-state index is 0.444. The summed E-state index contributed by atoms with van der Waals surface area (Å²) in [6.07, 6.45) is 5.48. The zero-order valence-electron chi connectivity index (χ0n) is 6.89. The summed E-state index contributed by atoms with van der Waals surface area (Å²) in [6.45, 7) is 0. The molecule has 1 N–H and O–H groups in total. The van der Waals surface area contributed by atoms with Gasteiger partial charge in [0, 0.05) is 18.3 Å². The van der Waals surface area contributed by atoms with Gasteiger partial charge in [0.15, 0.2) is 5.17 Å². The summed E-state index contributed by atoms with van der Waals surface area (Å²) in [5.41, 5.74) is 0.444. The first kappa shape index (κ1) is 7.47. The summed E-state index contributed by atoms with van der Waals surface area (Å²) in [7, 11) is 1.86. The third-order valence-corrected chi connectivity index (χ3v) is 3.88. The van der Waals surface area contributed by atoms with E-state index in [-0.39, 0.29) is 0 Å². The lowest BCUT2D eigenvalue weighted by Crippen LogP contribution is -2.40. The molecule has 0 radical (unpaired) electrons. The van der Waals surface area contributed by atoms with E-state index in [2.05, 4.69) is 10.3 Å². The first-order valence-electron chi connectivity index (χ1n) is 4.22. The smallest absolute Gasteiger partial charge is 0.156 e. The molecule has 62 valence electrons. The molecule has 2 aliphatic rings. The predicted octanol–water partition coefficient (Wildman–Crippen LogP) is 1.62. The summed E-state index contributed by atoms with van der Waals surface area (Å²) in [5, 5.41) is 4.67. The Labute approximate surface area is 71.9 Å². The van der Waals surface area contributed by atoms with E-state index < -0.39 is 0 Å². The van der Waals surface area contributed by atoms with Crippen LogP contribution in [0.15, 0.2) is 4.99 Å². The van der Waals surface area contributed by atoms with Gasteiger partial charge in [0.25, 0.3) is 0 Å². The topological polar surface area (TPSA) is 24.4 Å². The van der Waals surface area contributed by atoms with Gasteiger partial charge < -0.3 is 5.32 Å². The Hall–Kier alpha value is -0.180. The van der Waals surface area contributed by atoms with Crippen molar-refractivity contribution in [1.29, 1.82) is 0 Å². The predicted molar refractivity (Wildman–Crippen MR) is 50.2 cm³/mol. The molecule has 1 saturated heterocycles. The number of rotatable bonds is 0. The Morgan fingerprint density at radius 2 is 2.18 bits per heavy atom. The molecule has 2 nitrogen and oxygen atoms in total. The van der Waals surface area contributed by atoms with Gasteiger partial charge in [-0.3, -0.25) is 4.99 Å². The van der Waals surface area contributed by atoms with Crippen molar-refractivity contribution >= 4 is 16.9 Å². The summed E-state index contributed by atoms with van der Waals surface area (Å²) in [6, 6.07) is 0. The summed E-state index contributed by atoms with van der Waals surface area (Å²) < 4.78 is 0. The van der Waals surface area contributed by atoms with Crippen molar-refractivity contribution in [3.63, 3.8) is 0 Å². The van der Waals surface area contributed by atoms with Crippen molar-refractivity contribution in [1.82, 2.24) is 5.32 Å². The first-order valence-corrected chi connectivity index (χ1v) is 5.21. The van der Waals surface area contributed by atoms with E-state index in [0.717, 1.165) is 5.17 Å². The van der Waals surface area contributed by atoms with Crippen molar-refractivity contribution in [3.8, 4) is 0 Å². The lowest BCUT2D eigenvalue weighted by Gasteiger charge is -2.21. The van der Waals surface area contributed by atoms with E-state index in [1.165, 1.54) is 31.4 Å². The van der Waals surface area contributed by atoms with Gasteiger partial charge in [-0.1, -0.05) is 24.6 Å². The van der Waals surface area contributed by atoms with E-state index in [9.17, 15) is 0 Å². The average molecular weight is 170 g/mol. The van der Waals surface area contributed by atoms with Crippen LogP contribution in [0, 0.1) is 0 Å². The zero-order valence-corrected chi connectivity index (χ0v) is 7.71. The number of amidine groups is 1. The lowest BCUT2D eigenvalue weighted by atomic mass is 10.0. The largest absolute Gasteiger partial charge is 0.359 e. The second-order valence-electron chi connectivity index (χ2n) is 3.43. The highest BCUT2D eigenvalue weighted by Gasteiger charge is 2.39. The first-order chi connectivity index (χ1) is 5.35. The molecule has 2 fully saturated rings. The molecule has 0 atom stereocenters. The van der Waals surface area contributed by atoms with Crippen LogP contribution in [-0.2, 0) is 0 Å². The minimum absolute atomic E-state index is 0.444. The van der Waals surface area contributed by atoms with E-state index >= 15 is 0 Å². The maximum absolute atomic E-state index is 4.17. The Balaban J connectivity index is 2.07. The third kappa shape index (κ3) is 1.26. The molecule has 0 aromatic heterocycles. The number of nitrogens with zero attached hydrogens (tertiary/aromatic N) is 1. The van der Waals surface area contributed by atoms with E-state index in [4.69, 9.17) is 0 Å². The molecule has 1 heterocycles. The fourth-order valence-corrected chi connectivity index (χ4v) is 3.14. The molecule has 0 unspecified atom stereocenters. The summed E-state index contributed by atoms with van der Waals surface area (Å²) in [4.78, 5) is 4.17. The Morgan fingerprint density at radius 3 is 2.73 bits per heavy atom. The van der Waals surface area contributed by atoms with Crippen LogP contribution in [0.1, 0.15) is 25.7 Å². The summed E-state index contributed by atoms with van der Waals surface area (Å²) in [5.74, 6) is 1.24. The van der Waals surface area contributed by atoms with Gasteiger partial charge in [0.1, 0.15) is 0 Å². The molecule has 1 aliphatic carbocycles. The number of hydrogen-bond donors (Lipinski definition) is 1. The molecule has 0 aromatic rings. The molecule has 0 amide bonds. The van der Waals surface area contributed by atoms with Crippen LogP contribution in [0.25, 0.3) is 0 Å². The maximum atomic E-state index is 4.17. The number of hydrogen-bond acceptors (Lipinski definition) is 2. The molecular formula is C8H14N2S. The SMILES string of the molecule is CN=C1NC2(CCCC2)CS1. The molecule has 11 heavy (non-hydrogen) atoms. The second-order valence-corrected chi connectivity index (χ2v) is 4.39. The van der Waals surface area contributed by atoms with Crippen molar-refractivity contribution in [2.45, 2.75) is 31.2 Å². The summed E-state index contributed by atoms with van der Waals surface area (Å²) >= 11 is 1.88. The van der Waals surface area contributed by atoms with Crippen LogP contribution in [0.5, 0.6) is 0 Å². The highest BCUT2D eigenvalue weighted by Crippen LogP contribution is 2.37. The van der Waals surface area contributed by atoms with Gasteiger partial charge in [-0.05, 0) is 12.8 Å². The second kappa shape index (κ2) is 2.70. The fourth-order valence-electron chi connectivity index (χ4n) is 1.95. The monoisotopic (exact) mass is 170 g/mol. The molecule has 1 saturated carbocycles. The molecule has 2 rings (SSSR count). The third-order valence-electron chi connectivity index (χ3n) is 2.62. The molecule has 3 heteroatoms. The number of aliphatic imine (C=N–C) groups is 1. The number of nitrogens with one attached hydrogen (secondary N) is 1. The fraction of sp³-hybridized carbons (Fsp3) is 0.875. The highest BCUT2D eigenvalue weighted by atomic mass is 32.2. The molecule has 1 spiro atoms. The van der Waals surface area contributed by atoms with Crippen LogP contribution in [-0.4, -0.2) is 23.5 Å². The maximum Gasteiger partial charge on any atom is 0.156 e. The van der Waals surface area contributed by atoms with Crippen LogP contribution in [0.4, 0.5) is 0 Å². The zero-order chi connectivity index (χ0) is 7.73. The van der Waals surface area contributed by atoms with Gasteiger partial charge in [-0.2, -0.15) is 0 Å². The van der Waals surface area contributed by atoms with Gasteiger partial charge in [-0.15, -0.1) is 0 Å². The van der Waals surface area contributed by atoms with Crippen molar-refractivity contribution < 1.29 is 0 Å². The minimum Gasteiger partial charge on any atom is -0.359 e. The number of thioether (sulfide) groups is 1. The molecular weight excluding hydrogens is 156 g/mol. The van der Waals surface area contributed by atoms with Gasteiger partial charge in [0.05, 0.1) is 0 Å². The highest BCUT2D eigenvalue weighted by molar-refractivity contribution is 8.14. The Kier molecular flexibility index (Phi) is 1.83. The van der Waals surface area contributed by atoms with Gasteiger partial charge in [-0.25, -0.2) is 0 Å². The van der Waals surface area contributed by atoms with Gasteiger partial charge in [0.2, 0.25) is 0 Å². The van der Waals surface area contributed by atoms with Crippen LogP contribution < -0.4 is 5.32 Å². The molecule has 0 aromatic carbocycles. The van der Waals surface area contributed by atoms with Crippen LogP contribution >= 0.6 is 11.8 Å². The van der Waals surface area contributed by atoms with E-state index in [1.54, 1.807) is 0 Å². The molecule has 0 bridgehead atoms. The van der Waals surface area contributed by atoms with Crippen molar-refractivity contribution in [2.24, 2.45) is 4.99 Å².